The summed E-state index contributed by atoms with van der Waals surface area (Å²) in [4.78, 5) is 24.8. The van der Waals surface area contributed by atoms with E-state index in [9.17, 15) is 15.0 Å². The number of nitrogens with zero attached hydrogens (tertiary/aromatic N) is 5. The first kappa shape index (κ1) is 20.9. The Morgan fingerprint density at radius 1 is 1.38 bits per heavy atom. The van der Waals surface area contributed by atoms with E-state index in [0.717, 1.165) is 0 Å². The van der Waals surface area contributed by atoms with E-state index < -0.39 is 36.6 Å². The molecule has 1 aliphatic heterocycles. The number of aromatic nitrogens is 4. The standard InChI is InChI=1S/C17H23N7O5/c1-2-4-23(5-3-9(18)17(27)28)6-10-12(25)13(26)16(29-10)24-8-22-11-14(19)20-7-21-15(11)24/h1,7-10,12-13,16,25-26H,3-6,18H2,(H,27,28)(H2,19,20,21)/t9-,10+,12+,13+,16+/m0/s1. The molecule has 1 saturated heterocycles. The Balaban J connectivity index is 1.73. The number of rotatable bonds is 8. The average Bonchev–Trinajstić information content (AvgIpc) is 3.23. The Bertz CT molecular complexity index is 913. The molecule has 1 fully saturated rings. The number of anilines is 1. The highest BCUT2D eigenvalue weighted by Crippen LogP contribution is 2.32. The van der Waals surface area contributed by atoms with Gasteiger partial charge in [0.15, 0.2) is 17.7 Å². The second kappa shape index (κ2) is 8.68. The lowest BCUT2D eigenvalue weighted by atomic mass is 10.1. The van der Waals surface area contributed by atoms with Gasteiger partial charge in [-0.1, -0.05) is 5.92 Å². The Labute approximate surface area is 166 Å². The minimum Gasteiger partial charge on any atom is -0.480 e. The number of aliphatic carboxylic acids is 1. The molecule has 29 heavy (non-hydrogen) atoms. The average molecular weight is 405 g/mol. The molecule has 156 valence electrons. The van der Waals surface area contributed by atoms with Crippen molar-refractivity contribution in [3.8, 4) is 12.3 Å². The fourth-order valence-electron chi connectivity index (χ4n) is 3.23. The third-order valence-electron chi connectivity index (χ3n) is 4.83. The van der Waals surface area contributed by atoms with Gasteiger partial charge in [-0.05, 0) is 6.42 Å². The van der Waals surface area contributed by atoms with E-state index in [-0.39, 0.29) is 25.3 Å². The molecular formula is C17H23N7O5. The summed E-state index contributed by atoms with van der Waals surface area (Å²) in [6.07, 6.45) is 4.06. The lowest BCUT2D eigenvalue weighted by Gasteiger charge is -2.25. The number of hydrogen-bond acceptors (Lipinski definition) is 10. The van der Waals surface area contributed by atoms with Gasteiger partial charge in [0.25, 0.3) is 0 Å². The number of fused-ring (bicyclic) bond motifs is 1. The number of carboxylic acids is 1. The van der Waals surface area contributed by atoms with Crippen LogP contribution in [-0.2, 0) is 9.53 Å². The molecular weight excluding hydrogens is 382 g/mol. The van der Waals surface area contributed by atoms with Crippen LogP contribution in [0.3, 0.4) is 0 Å². The van der Waals surface area contributed by atoms with Gasteiger partial charge >= 0.3 is 5.97 Å². The summed E-state index contributed by atoms with van der Waals surface area (Å²) in [6, 6.07) is -1.02. The van der Waals surface area contributed by atoms with E-state index >= 15 is 0 Å². The van der Waals surface area contributed by atoms with Crippen LogP contribution in [0.1, 0.15) is 12.6 Å². The molecule has 0 radical (unpaired) electrons. The molecule has 7 N–H and O–H groups in total. The number of imidazole rings is 1. The first-order valence-electron chi connectivity index (χ1n) is 8.92. The number of aliphatic hydroxyl groups is 2. The van der Waals surface area contributed by atoms with Gasteiger partial charge in [0.1, 0.15) is 36.2 Å². The zero-order valence-electron chi connectivity index (χ0n) is 15.5. The molecule has 3 heterocycles. The third kappa shape index (κ3) is 4.29. The number of nitrogens with two attached hydrogens (primary N) is 2. The van der Waals surface area contributed by atoms with Crippen LogP contribution in [0.25, 0.3) is 11.2 Å². The zero-order valence-corrected chi connectivity index (χ0v) is 15.5. The van der Waals surface area contributed by atoms with Crippen LogP contribution < -0.4 is 11.5 Å². The van der Waals surface area contributed by atoms with Gasteiger partial charge in [0, 0.05) is 13.1 Å². The summed E-state index contributed by atoms with van der Waals surface area (Å²) in [7, 11) is 0. The fraction of sp³-hybridized carbons (Fsp3) is 0.529. The van der Waals surface area contributed by atoms with E-state index in [1.165, 1.54) is 17.2 Å². The molecule has 3 rings (SSSR count). The van der Waals surface area contributed by atoms with Crippen LogP contribution >= 0.6 is 0 Å². The van der Waals surface area contributed by atoms with Gasteiger partial charge in [-0.3, -0.25) is 14.3 Å². The van der Waals surface area contributed by atoms with E-state index in [1.807, 2.05) is 0 Å². The minimum absolute atomic E-state index is 0.175. The molecule has 0 unspecified atom stereocenters. The second-order valence-corrected chi connectivity index (χ2v) is 6.80. The van der Waals surface area contributed by atoms with Crippen molar-refractivity contribution in [1.82, 2.24) is 24.4 Å². The number of hydrogen-bond donors (Lipinski definition) is 5. The van der Waals surface area contributed by atoms with Crippen LogP contribution in [0.2, 0.25) is 0 Å². The maximum atomic E-state index is 10.9. The van der Waals surface area contributed by atoms with Crippen molar-refractivity contribution < 1.29 is 24.9 Å². The molecule has 12 nitrogen and oxygen atoms in total. The summed E-state index contributed by atoms with van der Waals surface area (Å²) < 4.78 is 7.35. The number of ether oxygens (including phenoxy) is 1. The molecule has 5 atom stereocenters. The smallest absolute Gasteiger partial charge is 0.320 e. The van der Waals surface area contributed by atoms with Crippen LogP contribution in [0.15, 0.2) is 12.7 Å². The summed E-state index contributed by atoms with van der Waals surface area (Å²) in [5.74, 6) is 1.57. The molecule has 0 amide bonds. The Morgan fingerprint density at radius 3 is 2.83 bits per heavy atom. The Hall–Kier alpha value is -2.82. The lowest BCUT2D eigenvalue weighted by molar-refractivity contribution is -0.138. The first-order chi connectivity index (χ1) is 13.8. The van der Waals surface area contributed by atoms with Crippen LogP contribution in [0, 0.1) is 12.3 Å². The summed E-state index contributed by atoms with van der Waals surface area (Å²) in [5.41, 5.74) is 12.0. The molecule has 0 spiro atoms. The summed E-state index contributed by atoms with van der Waals surface area (Å²) in [5, 5.41) is 29.9. The van der Waals surface area contributed by atoms with Gasteiger partial charge in [-0.25, -0.2) is 15.0 Å². The number of aliphatic hydroxyl groups excluding tert-OH is 2. The molecule has 0 bridgehead atoms. The van der Waals surface area contributed by atoms with Crippen LogP contribution in [0.4, 0.5) is 5.82 Å². The number of nitrogen functional groups attached to an aromatic ring is 1. The van der Waals surface area contributed by atoms with Crippen molar-refractivity contribution in [2.45, 2.75) is 37.0 Å². The number of terminal acetylenes is 1. The summed E-state index contributed by atoms with van der Waals surface area (Å²) >= 11 is 0. The third-order valence-corrected chi connectivity index (χ3v) is 4.83. The maximum absolute atomic E-state index is 10.9. The molecule has 0 aliphatic carbocycles. The van der Waals surface area contributed by atoms with Gasteiger partial charge in [-0.2, -0.15) is 0 Å². The van der Waals surface area contributed by atoms with Gasteiger partial charge < -0.3 is 31.5 Å². The quantitative estimate of drug-likeness (QED) is 0.299. The highest BCUT2D eigenvalue weighted by atomic mass is 16.6. The molecule has 1 aliphatic rings. The normalized spacial score (nSPS) is 25.3. The number of carboxylic acid groups (broad SMARTS) is 1. The van der Waals surface area contributed by atoms with Crippen molar-refractivity contribution >= 4 is 23.0 Å². The fourth-order valence-corrected chi connectivity index (χ4v) is 3.23. The topological polar surface area (TPSA) is 186 Å². The maximum Gasteiger partial charge on any atom is 0.320 e. The Kier molecular flexibility index (Phi) is 6.26. The van der Waals surface area contributed by atoms with Gasteiger partial charge in [0.05, 0.1) is 12.9 Å². The SMILES string of the molecule is C#CCN(CC[C@H](N)C(=O)O)C[C@H]1O[C@@H](n2cnc3c(N)ncnc32)[C@H](O)[C@@H]1O. The Morgan fingerprint density at radius 2 is 2.14 bits per heavy atom. The molecule has 0 aromatic carbocycles. The van der Waals surface area contributed by atoms with E-state index in [2.05, 4.69) is 20.9 Å². The molecule has 2 aromatic rings. The van der Waals surface area contributed by atoms with E-state index in [0.29, 0.717) is 17.7 Å². The van der Waals surface area contributed by atoms with Gasteiger partial charge in [-0.15, -0.1) is 6.42 Å². The van der Waals surface area contributed by atoms with Gasteiger partial charge in [0.2, 0.25) is 0 Å². The van der Waals surface area contributed by atoms with Crippen molar-refractivity contribution in [2.75, 3.05) is 25.4 Å². The number of carbonyl (C=O) groups is 1. The predicted octanol–water partition coefficient (Wildman–Crippen LogP) is -2.24. The first-order valence-corrected chi connectivity index (χ1v) is 8.92. The monoisotopic (exact) mass is 405 g/mol. The van der Waals surface area contributed by atoms with Crippen LogP contribution in [-0.4, -0.2) is 89.7 Å². The minimum atomic E-state index is -1.25. The van der Waals surface area contributed by atoms with Crippen molar-refractivity contribution in [1.29, 1.82) is 0 Å². The second-order valence-electron chi connectivity index (χ2n) is 6.80. The van der Waals surface area contributed by atoms with Crippen molar-refractivity contribution in [3.05, 3.63) is 12.7 Å². The highest BCUT2D eigenvalue weighted by molar-refractivity contribution is 5.81. The lowest BCUT2D eigenvalue weighted by Crippen LogP contribution is -2.42. The summed E-state index contributed by atoms with van der Waals surface area (Å²) in [6.45, 7) is 0.676. The molecule has 2 aromatic heterocycles. The highest BCUT2D eigenvalue weighted by Gasteiger charge is 2.44. The van der Waals surface area contributed by atoms with E-state index in [1.54, 1.807) is 4.90 Å². The van der Waals surface area contributed by atoms with E-state index in [4.69, 9.17) is 27.7 Å². The van der Waals surface area contributed by atoms with Crippen molar-refractivity contribution in [2.24, 2.45) is 5.73 Å². The van der Waals surface area contributed by atoms with Crippen LogP contribution in [0.5, 0.6) is 0 Å². The van der Waals surface area contributed by atoms with Crippen molar-refractivity contribution in [3.63, 3.8) is 0 Å². The molecule has 12 heteroatoms. The largest absolute Gasteiger partial charge is 0.480 e. The zero-order chi connectivity index (χ0) is 21.1. The molecule has 0 saturated carbocycles. The predicted molar refractivity (Wildman–Crippen MR) is 101 cm³/mol.